The van der Waals surface area contributed by atoms with Crippen molar-refractivity contribution in [2.45, 2.75) is 13.0 Å². The van der Waals surface area contributed by atoms with Gasteiger partial charge in [-0.25, -0.2) is 0 Å². The Morgan fingerprint density at radius 1 is 1.00 bits per heavy atom. The molecule has 34 heavy (non-hydrogen) atoms. The molecule has 0 fully saturated rings. The van der Waals surface area contributed by atoms with Crippen molar-refractivity contribution in [3.63, 3.8) is 0 Å². The van der Waals surface area contributed by atoms with E-state index >= 15 is 0 Å². The molecule has 0 aromatic heterocycles. The van der Waals surface area contributed by atoms with Gasteiger partial charge in [-0.2, -0.15) is 0 Å². The van der Waals surface area contributed by atoms with Gasteiger partial charge in [0.2, 0.25) is 11.7 Å². The minimum Gasteiger partial charge on any atom is -0.493 e. The monoisotopic (exact) mass is 458 g/mol. The van der Waals surface area contributed by atoms with Crippen LogP contribution in [0.2, 0.25) is 0 Å². The second-order valence-electron chi connectivity index (χ2n) is 7.72. The predicted octanol–water partition coefficient (Wildman–Crippen LogP) is 4.61. The van der Waals surface area contributed by atoms with Gasteiger partial charge in [0, 0.05) is 6.08 Å². The summed E-state index contributed by atoms with van der Waals surface area (Å²) in [6.07, 6.45) is 3.04. The fraction of sp³-hybridized carbons (Fsp3) is 0.185. The highest BCUT2D eigenvalue weighted by Crippen LogP contribution is 2.40. The maximum absolute atomic E-state index is 12.9. The van der Waals surface area contributed by atoms with Crippen LogP contribution >= 0.6 is 0 Å². The van der Waals surface area contributed by atoms with E-state index < -0.39 is 0 Å². The number of methoxy groups -OCH3 is 1. The number of carbonyl (C=O) groups is 2. The first-order chi connectivity index (χ1) is 16.5. The molecular formula is C27H26N2O5. The summed E-state index contributed by atoms with van der Waals surface area (Å²) in [5.74, 6) is 1.02. The van der Waals surface area contributed by atoms with Crippen LogP contribution in [0.5, 0.6) is 17.2 Å². The molecule has 1 atom stereocenters. The van der Waals surface area contributed by atoms with Gasteiger partial charge in [-0.1, -0.05) is 42.5 Å². The van der Waals surface area contributed by atoms with Gasteiger partial charge in [0.25, 0.3) is 5.91 Å². The lowest BCUT2D eigenvalue weighted by Crippen LogP contribution is -2.27. The normalized spacial score (nSPS) is 13.2. The third-order valence-electron chi connectivity index (χ3n) is 5.35. The summed E-state index contributed by atoms with van der Waals surface area (Å²) < 4.78 is 16.6. The summed E-state index contributed by atoms with van der Waals surface area (Å²) in [6.45, 7) is 2.82. The molecule has 3 aromatic carbocycles. The van der Waals surface area contributed by atoms with E-state index in [-0.39, 0.29) is 17.9 Å². The first-order valence-corrected chi connectivity index (χ1v) is 11.0. The van der Waals surface area contributed by atoms with Gasteiger partial charge in [0.1, 0.15) is 13.2 Å². The van der Waals surface area contributed by atoms with Gasteiger partial charge in [0.15, 0.2) is 11.5 Å². The lowest BCUT2D eigenvalue weighted by molar-refractivity contribution is -0.111. The van der Waals surface area contributed by atoms with Gasteiger partial charge in [-0.15, -0.1) is 0 Å². The molecule has 3 aromatic rings. The molecule has 1 heterocycles. The number of ether oxygens (including phenoxy) is 3. The summed E-state index contributed by atoms with van der Waals surface area (Å²) >= 11 is 0. The molecular weight excluding hydrogens is 432 g/mol. The number of para-hydroxylation sites is 1. The van der Waals surface area contributed by atoms with Gasteiger partial charge in [-0.05, 0) is 48.4 Å². The van der Waals surface area contributed by atoms with Crippen LogP contribution in [0.25, 0.3) is 6.08 Å². The number of carbonyl (C=O) groups excluding carboxylic acids is 2. The lowest BCUT2D eigenvalue weighted by Gasteiger charge is -2.20. The highest BCUT2D eigenvalue weighted by molar-refractivity contribution is 6.07. The highest BCUT2D eigenvalue weighted by Gasteiger charge is 2.18. The van der Waals surface area contributed by atoms with Crippen molar-refractivity contribution < 1.29 is 23.8 Å². The Hall–Kier alpha value is -4.26. The van der Waals surface area contributed by atoms with Crippen molar-refractivity contribution in [3.05, 3.63) is 89.5 Å². The van der Waals surface area contributed by atoms with E-state index in [2.05, 4.69) is 10.6 Å². The third kappa shape index (κ3) is 5.38. The quantitative estimate of drug-likeness (QED) is 0.505. The van der Waals surface area contributed by atoms with Gasteiger partial charge < -0.3 is 24.8 Å². The van der Waals surface area contributed by atoms with E-state index in [0.717, 1.165) is 11.1 Å². The number of nitrogens with one attached hydrogen (secondary N) is 2. The molecule has 0 saturated heterocycles. The predicted molar refractivity (Wildman–Crippen MR) is 130 cm³/mol. The van der Waals surface area contributed by atoms with E-state index in [1.165, 1.54) is 6.08 Å². The second-order valence-corrected chi connectivity index (χ2v) is 7.72. The van der Waals surface area contributed by atoms with Crippen molar-refractivity contribution in [1.29, 1.82) is 0 Å². The molecule has 1 unspecified atom stereocenters. The minimum absolute atomic E-state index is 0.178. The van der Waals surface area contributed by atoms with Crippen LogP contribution in [0, 0.1) is 0 Å². The van der Waals surface area contributed by atoms with Crippen molar-refractivity contribution in [2.75, 3.05) is 25.6 Å². The molecule has 1 aliphatic heterocycles. The average Bonchev–Trinajstić information content (AvgIpc) is 2.87. The number of hydrogen-bond acceptors (Lipinski definition) is 5. The Morgan fingerprint density at radius 3 is 2.53 bits per heavy atom. The summed E-state index contributed by atoms with van der Waals surface area (Å²) in [6, 6.07) is 20.0. The van der Waals surface area contributed by atoms with Crippen LogP contribution in [0.4, 0.5) is 5.69 Å². The molecule has 0 saturated carbocycles. The fourth-order valence-corrected chi connectivity index (χ4v) is 3.63. The van der Waals surface area contributed by atoms with Crippen LogP contribution in [-0.2, 0) is 4.79 Å². The van der Waals surface area contributed by atoms with Crippen LogP contribution in [0.1, 0.15) is 34.5 Å². The number of amides is 2. The fourth-order valence-electron chi connectivity index (χ4n) is 3.63. The molecule has 7 nitrogen and oxygen atoms in total. The first-order valence-electron chi connectivity index (χ1n) is 11.0. The van der Waals surface area contributed by atoms with Crippen LogP contribution in [0.15, 0.2) is 72.8 Å². The van der Waals surface area contributed by atoms with Gasteiger partial charge in [-0.3, -0.25) is 9.59 Å². The summed E-state index contributed by atoms with van der Waals surface area (Å²) in [5.41, 5.74) is 2.52. The number of hydrogen-bond donors (Lipinski definition) is 2. The molecule has 4 rings (SSSR count). The lowest BCUT2D eigenvalue weighted by atomic mass is 10.1. The molecule has 1 aliphatic rings. The minimum atomic E-state index is -0.370. The Kier molecular flexibility index (Phi) is 7.13. The maximum atomic E-state index is 12.9. The number of anilines is 1. The summed E-state index contributed by atoms with van der Waals surface area (Å²) in [4.78, 5) is 25.5. The molecule has 2 amide bonds. The summed E-state index contributed by atoms with van der Waals surface area (Å²) in [5, 5.41) is 5.77. The largest absolute Gasteiger partial charge is 0.493 e. The third-order valence-corrected chi connectivity index (χ3v) is 5.35. The molecule has 7 heteroatoms. The standard InChI is InChI=1S/C27H26N2O5/c1-18(20-8-4-3-5-9-20)28-27(31)21-10-6-7-11-22(21)29-25(30)13-12-19-16-23(32-2)26-24(17-19)33-14-15-34-26/h3-13,16-18H,14-15H2,1-2H3,(H,28,31)(H,29,30)/b13-12+. The molecule has 174 valence electrons. The smallest absolute Gasteiger partial charge is 0.253 e. The topological polar surface area (TPSA) is 85.9 Å². The van der Waals surface area contributed by atoms with Crippen molar-refractivity contribution in [2.24, 2.45) is 0 Å². The van der Waals surface area contributed by atoms with Crippen molar-refractivity contribution in [3.8, 4) is 17.2 Å². The Balaban J connectivity index is 1.46. The average molecular weight is 459 g/mol. The van der Waals surface area contributed by atoms with Gasteiger partial charge >= 0.3 is 0 Å². The van der Waals surface area contributed by atoms with E-state index in [9.17, 15) is 9.59 Å². The van der Waals surface area contributed by atoms with E-state index in [0.29, 0.717) is 41.7 Å². The summed E-state index contributed by atoms with van der Waals surface area (Å²) in [7, 11) is 1.55. The van der Waals surface area contributed by atoms with E-state index in [1.54, 1.807) is 49.6 Å². The van der Waals surface area contributed by atoms with E-state index in [4.69, 9.17) is 14.2 Å². The van der Waals surface area contributed by atoms with Crippen molar-refractivity contribution >= 4 is 23.6 Å². The Labute approximate surface area is 198 Å². The zero-order valence-electron chi connectivity index (χ0n) is 19.0. The first kappa shape index (κ1) is 22.9. The Morgan fingerprint density at radius 2 is 1.74 bits per heavy atom. The van der Waals surface area contributed by atoms with Crippen LogP contribution in [-0.4, -0.2) is 32.1 Å². The molecule has 0 aliphatic carbocycles. The highest BCUT2D eigenvalue weighted by atomic mass is 16.6. The maximum Gasteiger partial charge on any atom is 0.253 e. The van der Waals surface area contributed by atoms with E-state index in [1.807, 2.05) is 37.3 Å². The Bertz CT molecular complexity index is 1190. The molecule has 2 N–H and O–H groups in total. The number of fused-ring (bicyclic) bond motifs is 1. The van der Waals surface area contributed by atoms with Gasteiger partial charge in [0.05, 0.1) is 24.4 Å². The second kappa shape index (κ2) is 10.6. The zero-order chi connectivity index (χ0) is 23.9. The molecule has 0 radical (unpaired) electrons. The van der Waals surface area contributed by atoms with Crippen LogP contribution in [0.3, 0.4) is 0 Å². The molecule has 0 bridgehead atoms. The number of benzene rings is 3. The number of rotatable bonds is 7. The zero-order valence-corrected chi connectivity index (χ0v) is 19.0. The molecule has 0 spiro atoms. The van der Waals surface area contributed by atoms with Crippen LogP contribution < -0.4 is 24.8 Å². The SMILES string of the molecule is COc1cc(/C=C/C(=O)Nc2ccccc2C(=O)NC(C)c2ccccc2)cc2c1OCCO2. The van der Waals surface area contributed by atoms with Crippen molar-refractivity contribution in [1.82, 2.24) is 5.32 Å².